The van der Waals surface area contributed by atoms with Crippen LogP contribution in [0.2, 0.25) is 0 Å². The zero-order valence-electron chi connectivity index (χ0n) is 8.65. The molecule has 0 saturated heterocycles. The lowest BCUT2D eigenvalue weighted by Crippen LogP contribution is -2.17. The third-order valence-electron chi connectivity index (χ3n) is 2.53. The fourth-order valence-electron chi connectivity index (χ4n) is 0.946. The van der Waals surface area contributed by atoms with Crippen molar-refractivity contribution in [2.75, 3.05) is 0 Å². The van der Waals surface area contributed by atoms with Crippen molar-refractivity contribution in [2.24, 2.45) is 11.3 Å². The molecular formula is C10H23P. The highest BCUT2D eigenvalue weighted by Crippen LogP contribution is 2.30. The van der Waals surface area contributed by atoms with Crippen LogP contribution in [0.3, 0.4) is 0 Å². The van der Waals surface area contributed by atoms with Crippen LogP contribution in [0.15, 0.2) is 0 Å². The van der Waals surface area contributed by atoms with E-state index in [1.807, 2.05) is 0 Å². The van der Waals surface area contributed by atoms with Crippen LogP contribution in [0, 0.1) is 11.3 Å². The Hall–Kier alpha value is 0.430. The van der Waals surface area contributed by atoms with Crippen LogP contribution >= 0.6 is 9.24 Å². The Morgan fingerprint density at radius 3 is 1.82 bits per heavy atom. The minimum absolute atomic E-state index is 0.486. The molecule has 11 heavy (non-hydrogen) atoms. The summed E-state index contributed by atoms with van der Waals surface area (Å²) in [5.41, 5.74) is 1.26. The summed E-state index contributed by atoms with van der Waals surface area (Å²) in [7, 11) is 2.86. The Balaban J connectivity index is 3.61. The van der Waals surface area contributed by atoms with Crippen LogP contribution in [-0.2, 0) is 0 Å². The molecule has 0 nitrogen and oxygen atoms in total. The molecule has 0 N–H and O–H groups in total. The SMILES string of the molecule is CC(P)CCC(C)C(C)(C)C. The Bertz CT molecular complexity index is 99.9. The molecule has 0 aromatic rings. The number of rotatable bonds is 3. The van der Waals surface area contributed by atoms with E-state index >= 15 is 0 Å². The molecule has 0 heterocycles. The van der Waals surface area contributed by atoms with E-state index in [9.17, 15) is 0 Å². The molecule has 0 amide bonds. The zero-order valence-corrected chi connectivity index (χ0v) is 9.80. The summed E-state index contributed by atoms with van der Waals surface area (Å²) < 4.78 is 0. The molecule has 3 atom stereocenters. The highest BCUT2D eigenvalue weighted by molar-refractivity contribution is 7.17. The second-order valence-electron chi connectivity index (χ2n) is 4.82. The van der Waals surface area contributed by atoms with Gasteiger partial charge < -0.3 is 0 Å². The van der Waals surface area contributed by atoms with E-state index < -0.39 is 0 Å². The monoisotopic (exact) mass is 174 g/mol. The van der Waals surface area contributed by atoms with E-state index in [1.165, 1.54) is 12.8 Å². The van der Waals surface area contributed by atoms with Crippen molar-refractivity contribution in [2.45, 2.75) is 53.1 Å². The van der Waals surface area contributed by atoms with Gasteiger partial charge in [-0.25, -0.2) is 0 Å². The fourth-order valence-corrected chi connectivity index (χ4v) is 1.14. The lowest BCUT2D eigenvalue weighted by Gasteiger charge is -2.27. The molecule has 1 heteroatoms. The van der Waals surface area contributed by atoms with Crippen LogP contribution < -0.4 is 0 Å². The predicted octanol–water partition coefficient (Wildman–Crippen LogP) is 3.71. The average Bonchev–Trinajstić information content (AvgIpc) is 1.80. The van der Waals surface area contributed by atoms with Gasteiger partial charge in [0.15, 0.2) is 0 Å². The lowest BCUT2D eigenvalue weighted by atomic mass is 9.79. The van der Waals surface area contributed by atoms with Crippen molar-refractivity contribution >= 4 is 9.24 Å². The first-order chi connectivity index (χ1) is 4.84. The molecule has 0 aliphatic carbocycles. The first-order valence-corrected chi connectivity index (χ1v) is 5.26. The van der Waals surface area contributed by atoms with E-state index in [0.29, 0.717) is 5.41 Å². The Morgan fingerprint density at radius 1 is 1.09 bits per heavy atom. The Labute approximate surface area is 74.4 Å². The molecule has 3 unspecified atom stereocenters. The van der Waals surface area contributed by atoms with E-state index in [-0.39, 0.29) is 0 Å². The van der Waals surface area contributed by atoms with Gasteiger partial charge in [0.05, 0.1) is 0 Å². The summed E-state index contributed by atoms with van der Waals surface area (Å²) in [5.74, 6) is 0.838. The molecule has 0 aromatic carbocycles. The summed E-state index contributed by atoms with van der Waals surface area (Å²) in [6, 6.07) is 0. The maximum absolute atomic E-state index is 2.86. The van der Waals surface area contributed by atoms with Crippen molar-refractivity contribution in [1.82, 2.24) is 0 Å². The molecule has 0 radical (unpaired) electrons. The molecule has 0 aliphatic heterocycles. The van der Waals surface area contributed by atoms with Gasteiger partial charge in [-0.15, -0.1) is 9.24 Å². The van der Waals surface area contributed by atoms with Crippen molar-refractivity contribution < 1.29 is 0 Å². The van der Waals surface area contributed by atoms with Gasteiger partial charge in [-0.1, -0.05) is 34.6 Å². The van der Waals surface area contributed by atoms with Crippen molar-refractivity contribution in [3.8, 4) is 0 Å². The molecule has 0 saturated carbocycles. The number of hydrogen-bond donors (Lipinski definition) is 0. The standard InChI is InChI=1S/C10H23P/c1-8(10(3,4)5)6-7-9(2)11/h8-9H,6-7,11H2,1-5H3. The van der Waals surface area contributed by atoms with Gasteiger partial charge in [0.2, 0.25) is 0 Å². The van der Waals surface area contributed by atoms with Crippen LogP contribution in [0.4, 0.5) is 0 Å². The van der Waals surface area contributed by atoms with Gasteiger partial charge in [-0.2, -0.15) is 0 Å². The highest BCUT2D eigenvalue weighted by atomic mass is 31.0. The van der Waals surface area contributed by atoms with Gasteiger partial charge in [0.25, 0.3) is 0 Å². The maximum atomic E-state index is 2.86. The van der Waals surface area contributed by atoms with Crippen molar-refractivity contribution in [1.29, 1.82) is 0 Å². The van der Waals surface area contributed by atoms with Gasteiger partial charge in [-0.3, -0.25) is 0 Å². The largest absolute Gasteiger partial charge is 0.135 e. The van der Waals surface area contributed by atoms with Crippen LogP contribution in [0.1, 0.15) is 47.5 Å². The average molecular weight is 174 g/mol. The quantitative estimate of drug-likeness (QED) is 0.572. The maximum Gasteiger partial charge on any atom is -0.0293 e. The second-order valence-corrected chi connectivity index (χ2v) is 5.96. The summed E-state index contributed by atoms with van der Waals surface area (Å²) in [6.07, 6.45) is 2.69. The minimum Gasteiger partial charge on any atom is -0.135 e. The Morgan fingerprint density at radius 2 is 1.55 bits per heavy atom. The van der Waals surface area contributed by atoms with E-state index in [1.54, 1.807) is 0 Å². The minimum atomic E-state index is 0.486. The summed E-state index contributed by atoms with van der Waals surface area (Å²) in [6.45, 7) is 11.6. The van der Waals surface area contributed by atoms with E-state index in [4.69, 9.17) is 0 Å². The molecule has 0 spiro atoms. The first kappa shape index (κ1) is 11.4. The fraction of sp³-hybridized carbons (Fsp3) is 1.00. The molecule has 0 aromatic heterocycles. The third-order valence-corrected chi connectivity index (χ3v) is 2.87. The normalized spacial score (nSPS) is 18.0. The van der Waals surface area contributed by atoms with Gasteiger partial charge in [0, 0.05) is 0 Å². The molecular weight excluding hydrogens is 151 g/mol. The highest BCUT2D eigenvalue weighted by Gasteiger charge is 2.19. The van der Waals surface area contributed by atoms with Crippen LogP contribution in [-0.4, -0.2) is 5.66 Å². The smallest absolute Gasteiger partial charge is 0.0293 e. The van der Waals surface area contributed by atoms with Crippen molar-refractivity contribution in [3.05, 3.63) is 0 Å². The van der Waals surface area contributed by atoms with Crippen molar-refractivity contribution in [3.63, 3.8) is 0 Å². The second kappa shape index (κ2) is 4.45. The first-order valence-electron chi connectivity index (χ1n) is 4.59. The summed E-state index contributed by atoms with van der Waals surface area (Å²) in [5, 5.41) is 0. The molecule has 68 valence electrons. The van der Waals surface area contributed by atoms with Gasteiger partial charge in [0.1, 0.15) is 0 Å². The summed E-state index contributed by atoms with van der Waals surface area (Å²) >= 11 is 0. The predicted molar refractivity (Wildman–Crippen MR) is 57.0 cm³/mol. The molecule has 0 rings (SSSR count). The summed E-state index contributed by atoms with van der Waals surface area (Å²) in [4.78, 5) is 0. The number of hydrogen-bond acceptors (Lipinski definition) is 0. The third kappa shape index (κ3) is 5.67. The lowest BCUT2D eigenvalue weighted by molar-refractivity contribution is 0.243. The molecule has 0 fully saturated rings. The van der Waals surface area contributed by atoms with Gasteiger partial charge >= 0.3 is 0 Å². The van der Waals surface area contributed by atoms with Gasteiger partial charge in [-0.05, 0) is 29.8 Å². The molecule has 0 bridgehead atoms. The van der Waals surface area contributed by atoms with E-state index in [2.05, 4.69) is 43.9 Å². The zero-order chi connectivity index (χ0) is 9.07. The van der Waals surface area contributed by atoms with Crippen LogP contribution in [0.25, 0.3) is 0 Å². The topological polar surface area (TPSA) is 0 Å². The van der Waals surface area contributed by atoms with Crippen LogP contribution in [0.5, 0.6) is 0 Å². The van der Waals surface area contributed by atoms with E-state index in [0.717, 1.165) is 11.6 Å². The molecule has 0 aliphatic rings. The Kier molecular flexibility index (Phi) is 4.63.